The van der Waals surface area contributed by atoms with Gasteiger partial charge < -0.3 is 0 Å². The maximum atomic E-state index is 12.9. The second kappa shape index (κ2) is 4.83. The number of sulfonamides is 1. The van der Waals surface area contributed by atoms with E-state index in [4.69, 9.17) is 11.6 Å². The molecule has 0 aliphatic heterocycles. The van der Waals surface area contributed by atoms with E-state index >= 15 is 0 Å². The largest absolute Gasteiger partial charge is 0.277 e. The van der Waals surface area contributed by atoms with E-state index in [0.717, 1.165) is 31.0 Å². The lowest BCUT2D eigenvalue weighted by molar-refractivity contribution is -0.122. The number of halogens is 2. The summed E-state index contributed by atoms with van der Waals surface area (Å²) >= 11 is 5.49. The number of hydrazine groups is 1. The molecule has 1 saturated carbocycles. The van der Waals surface area contributed by atoms with Crippen LogP contribution < -0.4 is 10.3 Å². The van der Waals surface area contributed by atoms with Gasteiger partial charge in [0.25, 0.3) is 10.0 Å². The van der Waals surface area contributed by atoms with Crippen molar-refractivity contribution in [1.82, 2.24) is 10.3 Å². The first-order chi connectivity index (χ1) is 8.40. The van der Waals surface area contributed by atoms with E-state index in [-0.39, 0.29) is 21.7 Å². The first-order valence-electron chi connectivity index (χ1n) is 5.17. The van der Waals surface area contributed by atoms with Crippen LogP contribution in [0.25, 0.3) is 0 Å². The van der Waals surface area contributed by atoms with E-state index in [2.05, 4.69) is 5.43 Å². The number of hydrogen-bond donors (Lipinski definition) is 2. The van der Waals surface area contributed by atoms with Gasteiger partial charge in [-0.15, -0.1) is 4.83 Å². The van der Waals surface area contributed by atoms with Crippen molar-refractivity contribution in [2.24, 2.45) is 5.92 Å². The van der Waals surface area contributed by atoms with Gasteiger partial charge in [0, 0.05) is 5.92 Å². The minimum absolute atomic E-state index is 0.121. The molecule has 1 aromatic rings. The van der Waals surface area contributed by atoms with Gasteiger partial charge in [-0.1, -0.05) is 11.6 Å². The van der Waals surface area contributed by atoms with Gasteiger partial charge in [0.05, 0.1) is 9.92 Å². The average Bonchev–Trinajstić information content (AvgIpc) is 3.13. The number of carbonyl (C=O) groups excluding carboxylic acids is 1. The van der Waals surface area contributed by atoms with Crippen LogP contribution in [0.1, 0.15) is 12.8 Å². The minimum Gasteiger partial charge on any atom is -0.277 e. The lowest BCUT2D eigenvalue weighted by Crippen LogP contribution is -2.42. The summed E-state index contributed by atoms with van der Waals surface area (Å²) < 4.78 is 36.4. The van der Waals surface area contributed by atoms with Gasteiger partial charge in [-0.2, -0.15) is 0 Å². The number of hydrogen-bond acceptors (Lipinski definition) is 3. The lowest BCUT2D eigenvalue weighted by Gasteiger charge is -2.08. The molecule has 0 saturated heterocycles. The molecular formula is C10H10ClFN2O3S. The van der Waals surface area contributed by atoms with Crippen molar-refractivity contribution in [3.05, 3.63) is 29.0 Å². The van der Waals surface area contributed by atoms with Crippen LogP contribution in [0.2, 0.25) is 5.02 Å². The summed E-state index contributed by atoms with van der Waals surface area (Å²) in [5, 5.41) is -0.300. The van der Waals surface area contributed by atoms with Crippen molar-refractivity contribution in [2.75, 3.05) is 0 Å². The van der Waals surface area contributed by atoms with Gasteiger partial charge in [-0.05, 0) is 31.0 Å². The Morgan fingerprint density at radius 3 is 2.61 bits per heavy atom. The number of carbonyl (C=O) groups is 1. The topological polar surface area (TPSA) is 75.3 Å². The molecule has 1 aliphatic rings. The van der Waals surface area contributed by atoms with Gasteiger partial charge in [0.15, 0.2) is 0 Å². The van der Waals surface area contributed by atoms with E-state index in [1.807, 2.05) is 4.83 Å². The van der Waals surface area contributed by atoms with Crippen molar-refractivity contribution in [3.63, 3.8) is 0 Å². The molecule has 0 unspecified atom stereocenters. The molecule has 98 valence electrons. The number of amides is 1. The van der Waals surface area contributed by atoms with Crippen molar-refractivity contribution in [1.29, 1.82) is 0 Å². The molecule has 0 spiro atoms. The smallest absolute Gasteiger partial charge is 0.257 e. The Morgan fingerprint density at radius 1 is 1.39 bits per heavy atom. The van der Waals surface area contributed by atoms with Crippen molar-refractivity contribution in [3.8, 4) is 0 Å². The first-order valence-corrected chi connectivity index (χ1v) is 7.03. The molecule has 0 aromatic heterocycles. The maximum Gasteiger partial charge on any atom is 0.257 e. The molecule has 0 bridgehead atoms. The van der Waals surface area contributed by atoms with Crippen LogP contribution in [0.5, 0.6) is 0 Å². The van der Waals surface area contributed by atoms with Crippen LogP contribution in [-0.4, -0.2) is 14.3 Å². The highest BCUT2D eigenvalue weighted by atomic mass is 35.5. The van der Waals surface area contributed by atoms with Gasteiger partial charge >= 0.3 is 0 Å². The number of nitrogens with one attached hydrogen (secondary N) is 2. The zero-order valence-electron chi connectivity index (χ0n) is 9.11. The van der Waals surface area contributed by atoms with Gasteiger partial charge in [0.1, 0.15) is 5.82 Å². The van der Waals surface area contributed by atoms with Crippen molar-refractivity contribution >= 4 is 27.5 Å². The highest BCUT2D eigenvalue weighted by Crippen LogP contribution is 2.28. The molecule has 1 aliphatic carbocycles. The van der Waals surface area contributed by atoms with E-state index in [1.165, 1.54) is 0 Å². The first kappa shape index (κ1) is 13.3. The van der Waals surface area contributed by atoms with E-state index in [0.29, 0.717) is 0 Å². The SMILES string of the molecule is O=C(NNS(=O)(=O)c1ccc(F)c(Cl)c1)C1CC1. The van der Waals surface area contributed by atoms with Crippen LogP contribution in [0.3, 0.4) is 0 Å². The van der Waals surface area contributed by atoms with Crippen LogP contribution >= 0.6 is 11.6 Å². The number of rotatable bonds is 4. The predicted octanol–water partition coefficient (Wildman–Crippen LogP) is 1.20. The van der Waals surface area contributed by atoms with E-state index in [1.54, 1.807) is 0 Å². The fourth-order valence-electron chi connectivity index (χ4n) is 1.27. The summed E-state index contributed by atoms with van der Waals surface area (Å²) in [6.45, 7) is 0. The zero-order valence-corrected chi connectivity index (χ0v) is 10.7. The van der Waals surface area contributed by atoms with Gasteiger partial charge in [0.2, 0.25) is 5.91 Å². The van der Waals surface area contributed by atoms with Crippen molar-refractivity contribution < 1.29 is 17.6 Å². The fraction of sp³-hybridized carbons (Fsp3) is 0.300. The third-order valence-electron chi connectivity index (χ3n) is 2.46. The third kappa shape index (κ3) is 2.98. The standard InChI is InChI=1S/C10H10ClFN2O3S/c11-8-5-7(3-4-9(8)12)18(16,17)14-13-10(15)6-1-2-6/h3-6,14H,1-2H2,(H,13,15). The van der Waals surface area contributed by atoms with E-state index in [9.17, 15) is 17.6 Å². The summed E-state index contributed by atoms with van der Waals surface area (Å²) in [7, 11) is -3.93. The molecule has 0 atom stereocenters. The molecule has 2 rings (SSSR count). The Bertz CT molecular complexity index is 587. The normalized spacial score (nSPS) is 15.4. The van der Waals surface area contributed by atoms with Crippen LogP contribution in [-0.2, 0) is 14.8 Å². The highest BCUT2D eigenvalue weighted by molar-refractivity contribution is 7.89. The highest BCUT2D eigenvalue weighted by Gasteiger charge is 2.30. The minimum atomic E-state index is -3.93. The van der Waals surface area contributed by atoms with Crippen molar-refractivity contribution in [2.45, 2.75) is 17.7 Å². The Hall–Kier alpha value is -1.18. The van der Waals surface area contributed by atoms with Gasteiger partial charge in [-0.3, -0.25) is 10.2 Å². The Labute approximate surface area is 108 Å². The molecule has 1 fully saturated rings. The predicted molar refractivity (Wildman–Crippen MR) is 62.6 cm³/mol. The summed E-state index contributed by atoms with van der Waals surface area (Å²) in [5.74, 6) is -1.20. The van der Waals surface area contributed by atoms with Crippen LogP contribution in [0, 0.1) is 11.7 Å². The molecular weight excluding hydrogens is 283 g/mol. The molecule has 1 aromatic carbocycles. The molecule has 5 nitrogen and oxygen atoms in total. The third-order valence-corrected chi connectivity index (χ3v) is 3.99. The molecule has 1 amide bonds. The monoisotopic (exact) mass is 292 g/mol. The molecule has 0 heterocycles. The summed E-state index contributed by atoms with van der Waals surface area (Å²) in [4.78, 5) is 13.0. The summed E-state index contributed by atoms with van der Waals surface area (Å²) in [6, 6.07) is 2.98. The molecule has 8 heteroatoms. The maximum absolute atomic E-state index is 12.9. The Morgan fingerprint density at radius 2 is 2.06 bits per heavy atom. The molecule has 2 N–H and O–H groups in total. The second-order valence-electron chi connectivity index (χ2n) is 3.94. The van der Waals surface area contributed by atoms with Crippen LogP contribution in [0.4, 0.5) is 4.39 Å². The van der Waals surface area contributed by atoms with Gasteiger partial charge in [-0.25, -0.2) is 12.8 Å². The second-order valence-corrected chi connectivity index (χ2v) is 6.03. The fourth-order valence-corrected chi connectivity index (χ4v) is 2.39. The van der Waals surface area contributed by atoms with Crippen LogP contribution in [0.15, 0.2) is 23.1 Å². The molecule has 18 heavy (non-hydrogen) atoms. The van der Waals surface area contributed by atoms with E-state index < -0.39 is 15.8 Å². The number of benzene rings is 1. The average molecular weight is 293 g/mol. The zero-order chi connectivity index (χ0) is 13.3. The quantitative estimate of drug-likeness (QED) is 0.819. The Balaban J connectivity index is 2.09. The summed E-state index contributed by atoms with van der Waals surface area (Å²) in [5.41, 5.74) is 2.10. The molecule has 0 radical (unpaired) electrons. The lowest BCUT2D eigenvalue weighted by atomic mass is 10.3. The summed E-state index contributed by atoms with van der Waals surface area (Å²) in [6.07, 6.45) is 1.52. The Kier molecular flexibility index (Phi) is 3.56.